The molecule has 2 heteroatoms. The van der Waals surface area contributed by atoms with Crippen molar-refractivity contribution in [2.75, 3.05) is 0 Å². The Morgan fingerprint density at radius 3 is 2.53 bits per heavy atom. The first kappa shape index (κ1) is 11.9. The van der Waals surface area contributed by atoms with E-state index in [0.29, 0.717) is 10.6 Å². The molecule has 0 aliphatic carbocycles. The minimum atomic E-state index is 0.0649. The van der Waals surface area contributed by atoms with Crippen LogP contribution in [0.2, 0.25) is 5.02 Å². The normalized spacial score (nSPS) is 10.3. The Bertz CT molecular complexity index is 573. The molecule has 0 amide bonds. The van der Waals surface area contributed by atoms with Gasteiger partial charge in [-0.2, -0.15) is 0 Å². The number of Topliss-reactive ketones (excluding diaryl/α,β-unsaturated/α-hetero) is 1. The van der Waals surface area contributed by atoms with Gasteiger partial charge in [-0.15, -0.1) is 0 Å². The van der Waals surface area contributed by atoms with Crippen LogP contribution in [0.25, 0.3) is 11.1 Å². The largest absolute Gasteiger partial charge is 0.295 e. The number of hydrogen-bond donors (Lipinski definition) is 0. The summed E-state index contributed by atoms with van der Waals surface area (Å²) < 4.78 is 0. The lowest BCUT2D eigenvalue weighted by atomic mass is 10.0. The van der Waals surface area contributed by atoms with Crippen molar-refractivity contribution in [2.24, 2.45) is 0 Å². The van der Waals surface area contributed by atoms with E-state index in [4.69, 9.17) is 11.6 Å². The maximum atomic E-state index is 11.3. The average Bonchev–Trinajstić information content (AvgIpc) is 2.29. The van der Waals surface area contributed by atoms with E-state index in [-0.39, 0.29) is 5.78 Å². The molecule has 1 nitrogen and oxygen atoms in total. The minimum absolute atomic E-state index is 0.0649. The molecule has 0 aliphatic rings. The molecule has 0 unspecified atom stereocenters. The highest BCUT2D eigenvalue weighted by Crippen LogP contribution is 2.29. The van der Waals surface area contributed by atoms with Crippen LogP contribution in [0, 0.1) is 6.92 Å². The Morgan fingerprint density at radius 2 is 1.88 bits per heavy atom. The Balaban J connectivity index is 2.53. The minimum Gasteiger partial charge on any atom is -0.295 e. The molecule has 0 aromatic heterocycles. The Hall–Kier alpha value is -1.60. The summed E-state index contributed by atoms with van der Waals surface area (Å²) in [6.45, 7) is 3.57. The fourth-order valence-electron chi connectivity index (χ4n) is 1.76. The number of halogens is 1. The average molecular weight is 245 g/mol. The van der Waals surface area contributed by atoms with Crippen LogP contribution in [0.5, 0.6) is 0 Å². The number of carbonyl (C=O) groups is 1. The van der Waals surface area contributed by atoms with E-state index < -0.39 is 0 Å². The molecule has 2 aromatic rings. The van der Waals surface area contributed by atoms with Crippen molar-refractivity contribution >= 4 is 17.4 Å². The molecule has 0 bridgehead atoms. The van der Waals surface area contributed by atoms with Gasteiger partial charge in [-0.05, 0) is 37.1 Å². The molecule has 0 aliphatic heterocycles. The highest BCUT2D eigenvalue weighted by molar-refractivity contribution is 6.33. The monoisotopic (exact) mass is 244 g/mol. The van der Waals surface area contributed by atoms with Crippen molar-refractivity contribution in [3.05, 3.63) is 58.6 Å². The van der Waals surface area contributed by atoms with Gasteiger partial charge in [0.25, 0.3) is 0 Å². The fraction of sp³-hybridized carbons (Fsp3) is 0.133. The molecule has 0 fully saturated rings. The lowest BCUT2D eigenvalue weighted by molar-refractivity contribution is 0.101. The van der Waals surface area contributed by atoms with Crippen LogP contribution in [0.1, 0.15) is 22.8 Å². The molecule has 0 saturated carbocycles. The number of benzene rings is 2. The molecule has 2 rings (SSSR count). The number of rotatable bonds is 2. The topological polar surface area (TPSA) is 17.1 Å². The second-order valence-corrected chi connectivity index (χ2v) is 4.53. The van der Waals surface area contributed by atoms with Crippen LogP contribution in [0.4, 0.5) is 0 Å². The Morgan fingerprint density at radius 1 is 1.12 bits per heavy atom. The predicted octanol–water partition coefficient (Wildman–Crippen LogP) is 4.52. The zero-order valence-corrected chi connectivity index (χ0v) is 10.6. The van der Waals surface area contributed by atoms with E-state index in [1.165, 1.54) is 0 Å². The molecule has 0 saturated heterocycles. The first-order valence-corrected chi connectivity index (χ1v) is 5.83. The molecule has 0 radical (unpaired) electrons. The van der Waals surface area contributed by atoms with Gasteiger partial charge in [0.1, 0.15) is 0 Å². The van der Waals surface area contributed by atoms with Crippen molar-refractivity contribution in [3.63, 3.8) is 0 Å². The fourth-order valence-corrected chi connectivity index (χ4v) is 2.10. The number of aryl methyl sites for hydroxylation is 1. The second kappa shape index (κ2) is 4.72. The third-order valence-electron chi connectivity index (χ3n) is 2.70. The zero-order valence-electron chi connectivity index (χ0n) is 9.83. The van der Waals surface area contributed by atoms with Crippen LogP contribution in [-0.2, 0) is 0 Å². The predicted molar refractivity (Wildman–Crippen MR) is 71.6 cm³/mol. The van der Waals surface area contributed by atoms with E-state index in [2.05, 4.69) is 0 Å². The number of hydrogen-bond acceptors (Lipinski definition) is 1. The highest BCUT2D eigenvalue weighted by Gasteiger charge is 2.06. The zero-order chi connectivity index (χ0) is 12.4. The smallest absolute Gasteiger partial charge is 0.159 e. The highest BCUT2D eigenvalue weighted by atomic mass is 35.5. The third-order valence-corrected chi connectivity index (χ3v) is 3.02. The molecular formula is C15H13ClO. The molecule has 0 heterocycles. The van der Waals surface area contributed by atoms with Gasteiger partial charge in [0, 0.05) is 16.1 Å². The molecule has 0 spiro atoms. The lowest BCUT2D eigenvalue weighted by Crippen LogP contribution is -1.92. The van der Waals surface area contributed by atoms with Gasteiger partial charge in [-0.3, -0.25) is 4.79 Å². The third kappa shape index (κ3) is 2.56. The summed E-state index contributed by atoms with van der Waals surface area (Å²) in [5.74, 6) is 0.0649. The summed E-state index contributed by atoms with van der Waals surface area (Å²) >= 11 is 6.21. The van der Waals surface area contributed by atoms with Crippen LogP contribution < -0.4 is 0 Å². The van der Waals surface area contributed by atoms with Gasteiger partial charge < -0.3 is 0 Å². The van der Waals surface area contributed by atoms with Crippen LogP contribution in [0.3, 0.4) is 0 Å². The summed E-state index contributed by atoms with van der Waals surface area (Å²) in [7, 11) is 0. The van der Waals surface area contributed by atoms with Gasteiger partial charge in [0.05, 0.1) is 0 Å². The van der Waals surface area contributed by atoms with Crippen molar-refractivity contribution in [1.29, 1.82) is 0 Å². The Kier molecular flexibility index (Phi) is 3.30. The summed E-state index contributed by atoms with van der Waals surface area (Å²) in [5.41, 5.74) is 3.77. The van der Waals surface area contributed by atoms with Crippen molar-refractivity contribution in [1.82, 2.24) is 0 Å². The SMILES string of the molecule is CC(=O)c1cccc(-c2ccc(C)cc2Cl)c1. The van der Waals surface area contributed by atoms with Gasteiger partial charge in [-0.25, -0.2) is 0 Å². The first-order chi connectivity index (χ1) is 8.08. The lowest BCUT2D eigenvalue weighted by Gasteiger charge is -2.06. The summed E-state index contributed by atoms with van der Waals surface area (Å²) in [5, 5.41) is 0.714. The van der Waals surface area contributed by atoms with Gasteiger partial charge in [0.15, 0.2) is 5.78 Å². The van der Waals surface area contributed by atoms with Crippen molar-refractivity contribution in [3.8, 4) is 11.1 Å². The van der Waals surface area contributed by atoms with E-state index in [0.717, 1.165) is 16.7 Å². The number of ketones is 1. The summed E-state index contributed by atoms with van der Waals surface area (Å²) in [4.78, 5) is 11.3. The molecular weight excluding hydrogens is 232 g/mol. The molecule has 0 N–H and O–H groups in total. The van der Waals surface area contributed by atoms with Gasteiger partial charge in [-0.1, -0.05) is 41.9 Å². The maximum Gasteiger partial charge on any atom is 0.159 e. The summed E-state index contributed by atoms with van der Waals surface area (Å²) in [6, 6.07) is 13.5. The maximum absolute atomic E-state index is 11.3. The molecule has 2 aromatic carbocycles. The van der Waals surface area contributed by atoms with Crippen LogP contribution in [0.15, 0.2) is 42.5 Å². The van der Waals surface area contributed by atoms with Gasteiger partial charge >= 0.3 is 0 Å². The molecule has 17 heavy (non-hydrogen) atoms. The molecule has 0 atom stereocenters. The second-order valence-electron chi connectivity index (χ2n) is 4.12. The van der Waals surface area contributed by atoms with E-state index in [1.807, 2.05) is 49.4 Å². The van der Waals surface area contributed by atoms with Crippen molar-refractivity contribution in [2.45, 2.75) is 13.8 Å². The van der Waals surface area contributed by atoms with Gasteiger partial charge in [0.2, 0.25) is 0 Å². The van der Waals surface area contributed by atoms with Crippen LogP contribution in [-0.4, -0.2) is 5.78 Å². The van der Waals surface area contributed by atoms with E-state index in [9.17, 15) is 4.79 Å². The van der Waals surface area contributed by atoms with E-state index >= 15 is 0 Å². The molecule has 86 valence electrons. The van der Waals surface area contributed by atoms with Crippen molar-refractivity contribution < 1.29 is 4.79 Å². The first-order valence-electron chi connectivity index (χ1n) is 5.45. The van der Waals surface area contributed by atoms with E-state index in [1.54, 1.807) is 6.92 Å². The van der Waals surface area contributed by atoms with Crippen LogP contribution >= 0.6 is 11.6 Å². The Labute approximate surface area is 106 Å². The quantitative estimate of drug-likeness (QED) is 0.710. The summed E-state index contributed by atoms with van der Waals surface area (Å²) in [6.07, 6.45) is 0. The standard InChI is InChI=1S/C15H13ClO/c1-10-6-7-14(15(16)8-10)13-5-3-4-12(9-13)11(2)17/h3-9H,1-2H3. The number of carbonyl (C=O) groups excluding carboxylic acids is 1.